The summed E-state index contributed by atoms with van der Waals surface area (Å²) in [5, 5.41) is 7.92. The summed E-state index contributed by atoms with van der Waals surface area (Å²) >= 11 is 17.1. The van der Waals surface area contributed by atoms with E-state index in [9.17, 15) is 19.2 Å². The first-order chi connectivity index (χ1) is 17.9. The van der Waals surface area contributed by atoms with Crippen molar-refractivity contribution in [1.29, 1.82) is 5.41 Å². The molecule has 1 aliphatic heterocycles. The lowest BCUT2D eigenvalue weighted by molar-refractivity contribution is -0.294. The van der Waals surface area contributed by atoms with Crippen molar-refractivity contribution in [2.75, 3.05) is 61.5 Å². The summed E-state index contributed by atoms with van der Waals surface area (Å²) < 4.78 is 48.8. The Labute approximate surface area is 232 Å². The van der Waals surface area contributed by atoms with Crippen molar-refractivity contribution in [2.24, 2.45) is 0 Å². The van der Waals surface area contributed by atoms with Gasteiger partial charge in [0, 0.05) is 28.4 Å². The van der Waals surface area contributed by atoms with Crippen LogP contribution in [0.15, 0.2) is 0 Å². The van der Waals surface area contributed by atoms with Crippen LogP contribution in [0.2, 0.25) is 0 Å². The molecule has 1 aliphatic rings. The molecule has 0 bridgehead atoms. The summed E-state index contributed by atoms with van der Waals surface area (Å²) in [6.45, 7) is -2.68. The number of methoxy groups -OCH3 is 4. The smallest absolute Gasteiger partial charge is 0.332 e. The van der Waals surface area contributed by atoms with Crippen LogP contribution in [0.5, 0.6) is 0 Å². The fourth-order valence-corrected chi connectivity index (χ4v) is 3.07. The van der Waals surface area contributed by atoms with Gasteiger partial charge in [-0.25, -0.2) is 19.2 Å². The first-order valence-electron chi connectivity index (χ1n) is 10.6. The van der Waals surface area contributed by atoms with E-state index in [2.05, 4.69) is 0 Å². The summed E-state index contributed by atoms with van der Waals surface area (Å²) in [6, 6.07) is 0. The van der Waals surface area contributed by atoms with Gasteiger partial charge in [-0.05, 0) is 0 Å². The summed E-state index contributed by atoms with van der Waals surface area (Å²) in [5.41, 5.74) is 0. The molecule has 0 aromatic rings. The maximum Gasteiger partial charge on any atom is 0.332 e. The lowest BCUT2D eigenvalue weighted by Crippen LogP contribution is -2.64. The van der Waals surface area contributed by atoms with Crippen LogP contribution in [0.4, 0.5) is 0 Å². The number of hydrogen-bond donors (Lipinski definition) is 1. The molecule has 0 saturated carbocycles. The highest BCUT2D eigenvalue weighted by atomic mass is 35.6. The molecule has 1 N–H and O–H groups in total. The zero-order valence-corrected chi connectivity index (χ0v) is 23.0. The van der Waals surface area contributed by atoms with Crippen LogP contribution in [-0.2, 0) is 66.5 Å². The van der Waals surface area contributed by atoms with Crippen molar-refractivity contribution < 1.29 is 66.5 Å². The monoisotopic (exact) mass is 611 g/mol. The number of hydrogen-bond acceptors (Lipinski definition) is 15. The van der Waals surface area contributed by atoms with E-state index in [-0.39, 0.29) is 0 Å². The minimum atomic E-state index is -2.38. The van der Waals surface area contributed by atoms with Crippen molar-refractivity contribution >= 4 is 64.6 Å². The van der Waals surface area contributed by atoms with E-state index in [0.29, 0.717) is 0 Å². The average molecular weight is 613 g/mol. The van der Waals surface area contributed by atoms with Crippen LogP contribution in [0.1, 0.15) is 0 Å². The van der Waals surface area contributed by atoms with Gasteiger partial charge in [-0.3, -0.25) is 5.41 Å². The molecule has 1 saturated heterocycles. The fourth-order valence-electron chi connectivity index (χ4n) is 2.94. The molecular weight excluding hydrogens is 585 g/mol. The minimum absolute atomic E-state index is 0.428. The lowest BCUT2D eigenvalue weighted by atomic mass is 9.98. The Bertz CT molecular complexity index is 823. The van der Waals surface area contributed by atoms with Gasteiger partial charge in [-0.1, -0.05) is 34.8 Å². The third-order valence-electron chi connectivity index (χ3n) is 4.34. The summed E-state index contributed by atoms with van der Waals surface area (Å²) in [5.74, 6) is -4.71. The third kappa shape index (κ3) is 11.4. The molecule has 1 fully saturated rings. The number of ether oxygens (including phenoxy) is 10. The van der Waals surface area contributed by atoms with E-state index in [1.165, 1.54) is 28.4 Å². The van der Waals surface area contributed by atoms with Gasteiger partial charge in [0.1, 0.15) is 39.1 Å². The molecular formula is C20H28Cl3NO14. The standard InChI is InChI=1S/C20H28Cl3NO14/c1-29-6-11(25)33-5-10-15(35-12(26)7-30-2)16(36-13(27)8-31-3)17(37-14(28)9-32-4)18(34-10)38-19(24)20(21,22)23/h10,15-18,24H,5-9H2,1-4H3/t10-,15-,16+,17+,18-/m1/s1. The van der Waals surface area contributed by atoms with Crippen LogP contribution in [0.25, 0.3) is 0 Å². The molecule has 18 heteroatoms. The number of halogens is 3. The van der Waals surface area contributed by atoms with Crippen LogP contribution in [0.3, 0.4) is 0 Å². The number of nitrogens with one attached hydrogen (secondary N) is 1. The summed E-state index contributed by atoms with van der Waals surface area (Å²) in [6.07, 6.45) is -8.20. The molecule has 0 aromatic heterocycles. The second-order valence-corrected chi connectivity index (χ2v) is 9.55. The van der Waals surface area contributed by atoms with E-state index >= 15 is 0 Å². The Morgan fingerprint density at radius 1 is 0.684 bits per heavy atom. The first-order valence-corrected chi connectivity index (χ1v) is 11.7. The van der Waals surface area contributed by atoms with Crippen molar-refractivity contribution in [3.63, 3.8) is 0 Å². The molecule has 218 valence electrons. The zero-order chi connectivity index (χ0) is 28.9. The van der Waals surface area contributed by atoms with E-state index < -0.39 is 97.3 Å². The van der Waals surface area contributed by atoms with Gasteiger partial charge < -0.3 is 47.4 Å². The van der Waals surface area contributed by atoms with Crippen LogP contribution >= 0.6 is 34.8 Å². The molecule has 5 atom stereocenters. The van der Waals surface area contributed by atoms with E-state index in [1.54, 1.807) is 0 Å². The van der Waals surface area contributed by atoms with Crippen LogP contribution < -0.4 is 0 Å². The number of rotatable bonds is 14. The molecule has 1 rings (SSSR count). The van der Waals surface area contributed by atoms with Gasteiger partial charge >= 0.3 is 23.9 Å². The average Bonchev–Trinajstić information content (AvgIpc) is 2.81. The third-order valence-corrected chi connectivity index (χ3v) is 4.86. The lowest BCUT2D eigenvalue weighted by Gasteiger charge is -2.44. The van der Waals surface area contributed by atoms with E-state index in [0.717, 1.165) is 0 Å². The predicted molar refractivity (Wildman–Crippen MR) is 126 cm³/mol. The van der Waals surface area contributed by atoms with Crippen molar-refractivity contribution in [2.45, 2.75) is 34.5 Å². The Balaban J connectivity index is 3.53. The Kier molecular flexibility index (Phi) is 15.1. The SMILES string of the molecule is COCC(=O)OC[C@H]1O[C@H](OC(=N)C(Cl)(Cl)Cl)[C@@H](OC(=O)COC)[C@@H](OC(=O)COC)[C@@H]1OC(=O)COC. The topological polar surface area (TPSA) is 184 Å². The normalized spacial score (nSPS) is 23.2. The summed E-state index contributed by atoms with van der Waals surface area (Å²) in [4.78, 5) is 49.0. The molecule has 0 radical (unpaired) electrons. The maximum atomic E-state index is 12.4. The number of alkyl halides is 3. The summed E-state index contributed by atoms with van der Waals surface area (Å²) in [7, 11) is 4.90. The number of esters is 4. The van der Waals surface area contributed by atoms with Gasteiger partial charge in [-0.15, -0.1) is 0 Å². The second kappa shape index (κ2) is 16.9. The first kappa shape index (κ1) is 34.0. The molecule has 38 heavy (non-hydrogen) atoms. The Morgan fingerprint density at radius 3 is 1.55 bits per heavy atom. The molecule has 0 aromatic carbocycles. The Hall–Kier alpha value is -1.98. The van der Waals surface area contributed by atoms with Gasteiger partial charge in [0.15, 0.2) is 12.2 Å². The molecule has 0 aliphatic carbocycles. The fraction of sp³-hybridized carbons (Fsp3) is 0.750. The van der Waals surface area contributed by atoms with Crippen molar-refractivity contribution in [3.05, 3.63) is 0 Å². The van der Waals surface area contributed by atoms with E-state index in [4.69, 9.17) is 87.6 Å². The van der Waals surface area contributed by atoms with Crippen LogP contribution in [0, 0.1) is 5.41 Å². The largest absolute Gasteiger partial charge is 0.461 e. The minimum Gasteiger partial charge on any atom is -0.461 e. The van der Waals surface area contributed by atoms with Crippen molar-refractivity contribution in [1.82, 2.24) is 0 Å². The van der Waals surface area contributed by atoms with Gasteiger partial charge in [0.2, 0.25) is 18.3 Å². The molecule has 15 nitrogen and oxygen atoms in total. The highest BCUT2D eigenvalue weighted by Gasteiger charge is 2.54. The predicted octanol–water partition coefficient (Wildman–Crippen LogP) is -0.0604. The van der Waals surface area contributed by atoms with Gasteiger partial charge in [0.05, 0.1) is 0 Å². The zero-order valence-electron chi connectivity index (χ0n) is 20.8. The van der Waals surface area contributed by atoms with Gasteiger partial charge in [-0.2, -0.15) is 0 Å². The molecule has 0 unspecified atom stereocenters. The highest BCUT2D eigenvalue weighted by Crippen LogP contribution is 2.33. The second-order valence-electron chi connectivity index (χ2n) is 7.27. The molecule has 0 spiro atoms. The number of carbonyl (C=O) groups excluding carboxylic acids is 4. The Morgan fingerprint density at radius 2 is 1.11 bits per heavy atom. The molecule has 1 heterocycles. The molecule has 0 amide bonds. The van der Waals surface area contributed by atoms with Crippen molar-refractivity contribution in [3.8, 4) is 0 Å². The highest BCUT2D eigenvalue weighted by molar-refractivity contribution is 6.76. The van der Waals surface area contributed by atoms with Crippen LogP contribution in [-0.4, -0.2) is 126 Å². The quantitative estimate of drug-likeness (QED) is 0.0904. The maximum absolute atomic E-state index is 12.4. The number of carbonyl (C=O) groups is 4. The van der Waals surface area contributed by atoms with Gasteiger partial charge in [0.25, 0.3) is 3.79 Å². The van der Waals surface area contributed by atoms with E-state index in [1.807, 2.05) is 0 Å².